The quantitative estimate of drug-likeness (QED) is 0.664. The van der Waals surface area contributed by atoms with Crippen LogP contribution in [0.5, 0.6) is 0 Å². The lowest BCUT2D eigenvalue weighted by Gasteiger charge is -2.07. The molecular formula is C20H18N2O2. The van der Waals surface area contributed by atoms with Crippen LogP contribution >= 0.6 is 0 Å². The molecule has 0 aliphatic carbocycles. The minimum absolute atomic E-state index is 0.408. The van der Waals surface area contributed by atoms with Gasteiger partial charge in [0.05, 0.1) is 5.69 Å². The molecule has 0 saturated carbocycles. The van der Waals surface area contributed by atoms with Crippen molar-refractivity contribution in [1.29, 1.82) is 0 Å². The van der Waals surface area contributed by atoms with Gasteiger partial charge in [-0.1, -0.05) is 79.0 Å². The van der Waals surface area contributed by atoms with Crippen LogP contribution in [0.1, 0.15) is 13.3 Å². The number of carbonyl (C=O) groups is 1. The molecule has 1 heterocycles. The number of hydrogen-bond acceptors (Lipinski definition) is 3. The van der Waals surface area contributed by atoms with Gasteiger partial charge in [0, 0.05) is 16.7 Å². The van der Waals surface area contributed by atoms with Crippen LogP contribution < -0.4 is 4.84 Å². The second-order valence-corrected chi connectivity index (χ2v) is 5.36. The second-order valence-electron chi connectivity index (χ2n) is 5.36. The van der Waals surface area contributed by atoms with Gasteiger partial charge < -0.3 is 4.84 Å². The topological polar surface area (TPSA) is 44.1 Å². The van der Waals surface area contributed by atoms with Crippen molar-refractivity contribution in [2.45, 2.75) is 13.3 Å². The third kappa shape index (κ3) is 3.27. The molecule has 0 spiro atoms. The number of hydrogen-bond donors (Lipinski definition) is 0. The molecule has 0 aliphatic rings. The highest BCUT2D eigenvalue weighted by atomic mass is 16.7. The van der Waals surface area contributed by atoms with Gasteiger partial charge in [0.2, 0.25) is 0 Å². The normalized spacial score (nSPS) is 10.4. The number of rotatable bonds is 5. The van der Waals surface area contributed by atoms with E-state index in [1.165, 1.54) is 4.85 Å². The molecule has 3 aromatic rings. The lowest BCUT2D eigenvalue weighted by molar-refractivity contribution is -0.141. The molecule has 0 bridgehead atoms. The Hall–Kier alpha value is -3.14. The van der Waals surface area contributed by atoms with Crippen molar-refractivity contribution in [3.05, 3.63) is 78.9 Å². The van der Waals surface area contributed by atoms with Gasteiger partial charge in [-0.3, -0.25) is 0 Å². The number of carbonyl (C=O) groups excluding carboxylic acids is 1. The summed E-state index contributed by atoms with van der Waals surface area (Å²) in [5.41, 5.74) is 3.74. The first-order valence-electron chi connectivity index (χ1n) is 7.80. The van der Waals surface area contributed by atoms with Crippen LogP contribution in [-0.2, 0) is 4.79 Å². The van der Waals surface area contributed by atoms with E-state index in [0.29, 0.717) is 17.7 Å². The summed E-state index contributed by atoms with van der Waals surface area (Å²) in [5.74, 6) is -0.475. The average molecular weight is 318 g/mol. The molecule has 0 aliphatic heterocycles. The number of benzene rings is 2. The van der Waals surface area contributed by atoms with Crippen LogP contribution in [-0.4, -0.2) is 15.9 Å². The van der Waals surface area contributed by atoms with Crippen molar-refractivity contribution < 1.29 is 9.63 Å². The monoisotopic (exact) mass is 318 g/mol. The van der Waals surface area contributed by atoms with E-state index in [4.69, 9.17) is 4.84 Å². The summed E-state index contributed by atoms with van der Waals surface area (Å²) < 4.78 is 0. The maximum absolute atomic E-state index is 12.1. The first-order chi connectivity index (χ1) is 11.7. The molecule has 24 heavy (non-hydrogen) atoms. The van der Waals surface area contributed by atoms with Crippen molar-refractivity contribution in [1.82, 2.24) is 9.94 Å². The van der Waals surface area contributed by atoms with E-state index in [2.05, 4.69) is 11.7 Å². The Morgan fingerprint density at radius 1 is 1.04 bits per heavy atom. The Morgan fingerprint density at radius 3 is 2.21 bits per heavy atom. The molecule has 0 N–H and O–H groups in total. The van der Waals surface area contributed by atoms with Crippen LogP contribution in [0.2, 0.25) is 0 Å². The molecule has 120 valence electrons. The molecule has 4 heteroatoms. The van der Waals surface area contributed by atoms with E-state index >= 15 is 0 Å². The Balaban J connectivity index is 2.04. The summed E-state index contributed by atoms with van der Waals surface area (Å²) in [7, 11) is 0. The fourth-order valence-electron chi connectivity index (χ4n) is 2.27. The van der Waals surface area contributed by atoms with E-state index in [9.17, 15) is 4.79 Å². The van der Waals surface area contributed by atoms with Gasteiger partial charge in [-0.05, 0) is 12.5 Å². The molecule has 0 atom stereocenters. The van der Waals surface area contributed by atoms with Crippen LogP contribution in [0.25, 0.3) is 22.5 Å². The summed E-state index contributed by atoms with van der Waals surface area (Å²) in [5, 5.41) is 4.45. The van der Waals surface area contributed by atoms with Gasteiger partial charge in [0.15, 0.2) is 0 Å². The Labute approximate surface area is 141 Å². The summed E-state index contributed by atoms with van der Waals surface area (Å²) in [6.07, 6.45) is 0.534. The van der Waals surface area contributed by atoms with E-state index in [1.54, 1.807) is 0 Å². The third-order valence-corrected chi connectivity index (χ3v) is 3.70. The maximum Gasteiger partial charge on any atom is 0.361 e. The highest BCUT2D eigenvalue weighted by molar-refractivity contribution is 5.88. The zero-order chi connectivity index (χ0) is 16.9. The Morgan fingerprint density at radius 2 is 1.62 bits per heavy atom. The third-order valence-electron chi connectivity index (χ3n) is 3.70. The fraction of sp³-hybridized carbons (Fsp3) is 0.100. The SMILES string of the molecule is C=C(CC)C(=O)On1nc(-c2ccccc2)cc1-c1ccccc1. The minimum Gasteiger partial charge on any atom is -0.314 e. The summed E-state index contributed by atoms with van der Waals surface area (Å²) in [6.45, 7) is 5.58. The van der Waals surface area contributed by atoms with Gasteiger partial charge in [-0.25, -0.2) is 4.79 Å². The summed E-state index contributed by atoms with van der Waals surface area (Å²) in [6, 6.07) is 21.4. The lowest BCUT2D eigenvalue weighted by atomic mass is 10.1. The summed E-state index contributed by atoms with van der Waals surface area (Å²) in [4.78, 5) is 18.8. The van der Waals surface area contributed by atoms with Gasteiger partial charge in [0.25, 0.3) is 0 Å². The van der Waals surface area contributed by atoms with Crippen LogP contribution in [0.3, 0.4) is 0 Å². The molecule has 0 saturated heterocycles. The molecule has 2 aromatic carbocycles. The molecular weight excluding hydrogens is 300 g/mol. The van der Waals surface area contributed by atoms with Crippen molar-refractivity contribution >= 4 is 5.97 Å². The Bertz CT molecular complexity index is 852. The smallest absolute Gasteiger partial charge is 0.314 e. The van der Waals surface area contributed by atoms with Crippen LogP contribution in [0, 0.1) is 0 Å². The molecule has 0 radical (unpaired) electrons. The first-order valence-corrected chi connectivity index (χ1v) is 7.80. The van der Waals surface area contributed by atoms with E-state index in [0.717, 1.165) is 16.8 Å². The van der Waals surface area contributed by atoms with Crippen LogP contribution in [0.4, 0.5) is 0 Å². The van der Waals surface area contributed by atoms with E-state index in [-0.39, 0.29) is 0 Å². The highest BCUT2D eigenvalue weighted by Gasteiger charge is 2.16. The average Bonchev–Trinajstić information content (AvgIpc) is 3.06. The van der Waals surface area contributed by atoms with E-state index < -0.39 is 5.97 Å². The molecule has 4 nitrogen and oxygen atoms in total. The predicted octanol–water partition coefficient (Wildman–Crippen LogP) is 4.14. The lowest BCUT2D eigenvalue weighted by Crippen LogP contribution is -2.22. The maximum atomic E-state index is 12.1. The highest BCUT2D eigenvalue weighted by Crippen LogP contribution is 2.25. The van der Waals surface area contributed by atoms with Crippen molar-refractivity contribution in [2.75, 3.05) is 0 Å². The van der Waals surface area contributed by atoms with E-state index in [1.807, 2.05) is 73.7 Å². The molecule has 0 fully saturated rings. The van der Waals surface area contributed by atoms with Crippen molar-refractivity contribution in [3.8, 4) is 22.5 Å². The van der Waals surface area contributed by atoms with Gasteiger partial charge in [0.1, 0.15) is 5.69 Å². The number of aromatic nitrogens is 2. The molecule has 0 unspecified atom stereocenters. The standard InChI is InChI=1S/C20H18N2O2/c1-3-15(2)20(23)24-22-19(17-12-8-5-9-13-17)14-18(21-22)16-10-6-4-7-11-16/h4-14H,2-3H2,1H3. The van der Waals surface area contributed by atoms with Crippen LogP contribution in [0.15, 0.2) is 78.9 Å². The largest absolute Gasteiger partial charge is 0.361 e. The fourth-order valence-corrected chi connectivity index (χ4v) is 2.27. The zero-order valence-corrected chi connectivity index (χ0v) is 13.5. The van der Waals surface area contributed by atoms with Gasteiger partial charge in [-0.15, -0.1) is 5.10 Å². The zero-order valence-electron chi connectivity index (χ0n) is 13.5. The predicted molar refractivity (Wildman–Crippen MR) is 94.1 cm³/mol. The minimum atomic E-state index is -0.475. The second kappa shape index (κ2) is 6.96. The molecule has 0 amide bonds. The Kier molecular flexibility index (Phi) is 4.57. The molecule has 3 rings (SSSR count). The number of nitrogens with zero attached hydrogens (tertiary/aromatic N) is 2. The summed E-state index contributed by atoms with van der Waals surface area (Å²) >= 11 is 0. The van der Waals surface area contributed by atoms with Gasteiger partial charge >= 0.3 is 5.97 Å². The van der Waals surface area contributed by atoms with Crippen molar-refractivity contribution in [3.63, 3.8) is 0 Å². The molecule has 1 aromatic heterocycles. The van der Waals surface area contributed by atoms with Crippen molar-refractivity contribution in [2.24, 2.45) is 0 Å². The van der Waals surface area contributed by atoms with Gasteiger partial charge in [-0.2, -0.15) is 0 Å². The first kappa shape index (κ1) is 15.7.